The van der Waals surface area contributed by atoms with Crippen molar-refractivity contribution < 1.29 is 4.74 Å². The monoisotopic (exact) mass is 171 g/mol. The van der Waals surface area contributed by atoms with E-state index in [1.54, 1.807) is 7.11 Å². The molecule has 1 N–H and O–H groups in total. The van der Waals surface area contributed by atoms with Crippen molar-refractivity contribution in [2.24, 2.45) is 5.92 Å². The van der Waals surface area contributed by atoms with Crippen LogP contribution in [-0.2, 0) is 4.74 Å². The molecule has 0 bridgehead atoms. The highest BCUT2D eigenvalue weighted by Gasteiger charge is 2.24. The van der Waals surface area contributed by atoms with E-state index in [9.17, 15) is 0 Å². The zero-order valence-corrected chi connectivity index (χ0v) is 8.31. The first kappa shape index (κ1) is 10.0. The van der Waals surface area contributed by atoms with E-state index in [2.05, 4.69) is 12.2 Å². The van der Waals surface area contributed by atoms with Crippen LogP contribution in [0, 0.1) is 5.92 Å². The van der Waals surface area contributed by atoms with Gasteiger partial charge in [-0.25, -0.2) is 0 Å². The zero-order valence-electron chi connectivity index (χ0n) is 8.31. The summed E-state index contributed by atoms with van der Waals surface area (Å²) in [5.41, 5.74) is 0. The molecule has 0 aromatic heterocycles. The maximum Gasteiger partial charge on any atom is 0.0462 e. The second kappa shape index (κ2) is 5.55. The summed E-state index contributed by atoms with van der Waals surface area (Å²) in [4.78, 5) is 0. The maximum atomic E-state index is 5.05. The fourth-order valence-corrected chi connectivity index (χ4v) is 1.89. The van der Waals surface area contributed by atoms with Crippen molar-refractivity contribution in [3.63, 3.8) is 0 Å². The summed E-state index contributed by atoms with van der Waals surface area (Å²) in [6, 6.07) is 0.812. The van der Waals surface area contributed by atoms with Gasteiger partial charge in [0.2, 0.25) is 0 Å². The van der Waals surface area contributed by atoms with Gasteiger partial charge in [0.05, 0.1) is 0 Å². The van der Waals surface area contributed by atoms with E-state index in [1.807, 2.05) is 0 Å². The van der Waals surface area contributed by atoms with Crippen molar-refractivity contribution in [2.45, 2.75) is 38.6 Å². The third-order valence-electron chi connectivity index (χ3n) is 2.88. The predicted octanol–water partition coefficient (Wildman–Crippen LogP) is 1.80. The number of nitrogens with one attached hydrogen (secondary N) is 1. The van der Waals surface area contributed by atoms with E-state index >= 15 is 0 Å². The van der Waals surface area contributed by atoms with Crippen molar-refractivity contribution in [3.8, 4) is 0 Å². The Morgan fingerprint density at radius 3 is 2.75 bits per heavy atom. The Balaban J connectivity index is 2.07. The van der Waals surface area contributed by atoms with Gasteiger partial charge in [-0.05, 0) is 31.7 Å². The van der Waals surface area contributed by atoms with Crippen LogP contribution in [0.4, 0.5) is 0 Å². The van der Waals surface area contributed by atoms with Gasteiger partial charge >= 0.3 is 0 Å². The Morgan fingerprint density at radius 1 is 1.58 bits per heavy atom. The van der Waals surface area contributed by atoms with Crippen molar-refractivity contribution in [3.05, 3.63) is 0 Å². The molecule has 1 aliphatic heterocycles. The average Bonchev–Trinajstić information content (AvgIpc) is 1.99. The lowest BCUT2D eigenvalue weighted by Gasteiger charge is -2.34. The second-order valence-corrected chi connectivity index (χ2v) is 3.65. The van der Waals surface area contributed by atoms with Crippen LogP contribution in [-0.4, -0.2) is 26.3 Å². The number of hydrogen-bond acceptors (Lipinski definition) is 2. The van der Waals surface area contributed by atoms with Crippen LogP contribution in [0.2, 0.25) is 0 Å². The molecule has 0 aromatic rings. The molecule has 12 heavy (non-hydrogen) atoms. The Hall–Kier alpha value is -0.0800. The van der Waals surface area contributed by atoms with Crippen molar-refractivity contribution in [1.82, 2.24) is 5.32 Å². The summed E-state index contributed by atoms with van der Waals surface area (Å²) in [6.07, 6.45) is 5.22. The molecule has 0 spiro atoms. The third kappa shape index (κ3) is 2.76. The molecule has 0 aromatic carbocycles. The van der Waals surface area contributed by atoms with Crippen LogP contribution in [0.5, 0.6) is 0 Å². The lowest BCUT2D eigenvalue weighted by atomic mass is 9.86. The summed E-state index contributed by atoms with van der Waals surface area (Å²) in [5, 5.41) is 3.48. The number of ether oxygens (including phenoxy) is 1. The fourth-order valence-electron chi connectivity index (χ4n) is 1.89. The predicted molar refractivity (Wildman–Crippen MR) is 51.3 cm³/mol. The maximum absolute atomic E-state index is 5.05. The summed E-state index contributed by atoms with van der Waals surface area (Å²) >= 11 is 0. The van der Waals surface area contributed by atoms with E-state index in [0.29, 0.717) is 0 Å². The lowest BCUT2D eigenvalue weighted by Crippen LogP contribution is -2.47. The van der Waals surface area contributed by atoms with E-state index in [-0.39, 0.29) is 0 Å². The highest BCUT2D eigenvalue weighted by atomic mass is 16.5. The number of rotatable bonds is 6. The summed E-state index contributed by atoms with van der Waals surface area (Å²) in [7, 11) is 1.78. The molecule has 2 nitrogen and oxygen atoms in total. The van der Waals surface area contributed by atoms with Crippen molar-refractivity contribution >= 4 is 0 Å². The SMILES string of the molecule is CCC(CCCOC)C1CCN1. The van der Waals surface area contributed by atoms with E-state index in [4.69, 9.17) is 4.74 Å². The van der Waals surface area contributed by atoms with Gasteiger partial charge in [-0.3, -0.25) is 0 Å². The van der Waals surface area contributed by atoms with Gasteiger partial charge in [0.25, 0.3) is 0 Å². The molecule has 0 aliphatic carbocycles. The van der Waals surface area contributed by atoms with E-state index < -0.39 is 0 Å². The van der Waals surface area contributed by atoms with Crippen LogP contribution in [0.3, 0.4) is 0 Å². The van der Waals surface area contributed by atoms with Gasteiger partial charge in [-0.2, -0.15) is 0 Å². The van der Waals surface area contributed by atoms with Gasteiger partial charge in [0.15, 0.2) is 0 Å². The van der Waals surface area contributed by atoms with Crippen LogP contribution in [0.15, 0.2) is 0 Å². The van der Waals surface area contributed by atoms with Gasteiger partial charge in [0, 0.05) is 19.8 Å². The molecule has 2 heteroatoms. The smallest absolute Gasteiger partial charge is 0.0462 e. The van der Waals surface area contributed by atoms with E-state index in [0.717, 1.165) is 18.6 Å². The van der Waals surface area contributed by atoms with Crippen molar-refractivity contribution in [1.29, 1.82) is 0 Å². The molecule has 0 amide bonds. The average molecular weight is 171 g/mol. The van der Waals surface area contributed by atoms with E-state index in [1.165, 1.54) is 32.2 Å². The van der Waals surface area contributed by atoms with Crippen LogP contribution >= 0.6 is 0 Å². The topological polar surface area (TPSA) is 21.3 Å². The summed E-state index contributed by atoms with van der Waals surface area (Å²) < 4.78 is 5.05. The molecule has 1 heterocycles. The zero-order chi connectivity index (χ0) is 8.81. The molecule has 2 atom stereocenters. The Bertz CT molecular complexity index is 112. The molecular formula is C10H21NO. The first-order chi connectivity index (χ1) is 5.88. The highest BCUT2D eigenvalue weighted by molar-refractivity contribution is 4.83. The Morgan fingerprint density at radius 2 is 2.33 bits per heavy atom. The van der Waals surface area contributed by atoms with Gasteiger partial charge < -0.3 is 10.1 Å². The quantitative estimate of drug-likeness (QED) is 0.615. The van der Waals surface area contributed by atoms with Crippen LogP contribution in [0.25, 0.3) is 0 Å². The standard InChI is InChI=1S/C10H21NO/c1-3-9(5-4-8-12-2)10-6-7-11-10/h9-11H,3-8H2,1-2H3. The number of hydrogen-bond donors (Lipinski definition) is 1. The van der Waals surface area contributed by atoms with Gasteiger partial charge in [0.1, 0.15) is 0 Å². The molecule has 0 saturated carbocycles. The molecule has 0 radical (unpaired) electrons. The first-order valence-electron chi connectivity index (χ1n) is 5.10. The lowest BCUT2D eigenvalue weighted by molar-refractivity contribution is 0.171. The Labute approximate surface area is 75.7 Å². The molecule has 72 valence electrons. The Kier molecular flexibility index (Phi) is 4.62. The minimum absolute atomic E-state index is 0.812. The fraction of sp³-hybridized carbons (Fsp3) is 1.00. The minimum Gasteiger partial charge on any atom is -0.385 e. The largest absolute Gasteiger partial charge is 0.385 e. The summed E-state index contributed by atoms with van der Waals surface area (Å²) in [6.45, 7) is 4.44. The molecular weight excluding hydrogens is 150 g/mol. The number of methoxy groups -OCH3 is 1. The summed E-state index contributed by atoms with van der Waals surface area (Å²) in [5.74, 6) is 0.883. The normalized spacial score (nSPS) is 25.0. The van der Waals surface area contributed by atoms with Crippen LogP contribution in [0.1, 0.15) is 32.6 Å². The van der Waals surface area contributed by atoms with Crippen molar-refractivity contribution in [2.75, 3.05) is 20.3 Å². The molecule has 1 fully saturated rings. The highest BCUT2D eigenvalue weighted by Crippen LogP contribution is 2.21. The van der Waals surface area contributed by atoms with Gasteiger partial charge in [-0.1, -0.05) is 13.3 Å². The third-order valence-corrected chi connectivity index (χ3v) is 2.88. The van der Waals surface area contributed by atoms with Crippen LogP contribution < -0.4 is 5.32 Å². The molecule has 1 saturated heterocycles. The molecule has 1 aliphatic rings. The molecule has 1 rings (SSSR count). The first-order valence-corrected chi connectivity index (χ1v) is 5.10. The van der Waals surface area contributed by atoms with Gasteiger partial charge in [-0.15, -0.1) is 0 Å². The second-order valence-electron chi connectivity index (χ2n) is 3.65. The minimum atomic E-state index is 0.812. The molecule has 2 unspecified atom stereocenters.